The van der Waals surface area contributed by atoms with Crippen molar-refractivity contribution in [2.45, 2.75) is 13.0 Å². The van der Waals surface area contributed by atoms with Gasteiger partial charge in [-0.2, -0.15) is 0 Å². The molecule has 7 heteroatoms. The van der Waals surface area contributed by atoms with E-state index in [1.54, 1.807) is 21.3 Å². The molecule has 0 spiro atoms. The highest BCUT2D eigenvalue weighted by atomic mass is 16.5. The summed E-state index contributed by atoms with van der Waals surface area (Å²) in [4.78, 5) is 14.7. The molecule has 1 unspecified atom stereocenters. The average molecular weight is 471 g/mol. The van der Waals surface area contributed by atoms with Crippen LogP contribution in [0.2, 0.25) is 0 Å². The Hall–Kier alpha value is -4.00. The predicted molar refractivity (Wildman–Crippen MR) is 140 cm³/mol. The number of piperazine rings is 1. The van der Waals surface area contributed by atoms with E-state index in [1.807, 2.05) is 54.6 Å². The van der Waals surface area contributed by atoms with Crippen LogP contribution in [0.15, 0.2) is 66.7 Å². The number of benzene rings is 3. The highest BCUT2D eigenvalue weighted by Crippen LogP contribution is 2.37. The topological polar surface area (TPSA) is 60.0 Å². The van der Waals surface area contributed by atoms with Gasteiger partial charge in [0.05, 0.1) is 26.8 Å². The molecule has 0 N–H and O–H groups in total. The zero-order valence-corrected chi connectivity index (χ0v) is 20.6. The third kappa shape index (κ3) is 4.41. The molecule has 3 aromatic carbocycles. The van der Waals surface area contributed by atoms with E-state index in [1.165, 1.54) is 5.69 Å². The molecule has 7 nitrogen and oxygen atoms in total. The van der Waals surface area contributed by atoms with Crippen molar-refractivity contribution in [2.75, 3.05) is 50.8 Å². The van der Waals surface area contributed by atoms with E-state index in [9.17, 15) is 0 Å². The van der Waals surface area contributed by atoms with Crippen molar-refractivity contribution in [2.24, 2.45) is 0 Å². The van der Waals surface area contributed by atoms with Gasteiger partial charge in [-0.1, -0.05) is 36.4 Å². The number of hydrogen-bond acceptors (Lipinski definition) is 7. The van der Waals surface area contributed by atoms with E-state index < -0.39 is 0 Å². The number of anilines is 2. The standard InChI is InChI=1S/C28H30N4O3/c1-19-18-31(13-14-32(19)21-11-8-12-22(15-21)33-2)28-23-16-25(34-3)26(35-4)17-24(23)29-27(30-28)20-9-6-5-7-10-20/h5-12,15-17,19H,13-14,18H2,1-4H3. The molecule has 0 bridgehead atoms. The van der Waals surface area contributed by atoms with Crippen molar-refractivity contribution in [1.29, 1.82) is 0 Å². The monoisotopic (exact) mass is 470 g/mol. The van der Waals surface area contributed by atoms with Gasteiger partial charge in [0.2, 0.25) is 0 Å². The quantitative estimate of drug-likeness (QED) is 0.391. The molecule has 1 aliphatic rings. The third-order valence-corrected chi connectivity index (χ3v) is 6.52. The van der Waals surface area contributed by atoms with Crippen molar-refractivity contribution < 1.29 is 14.2 Å². The largest absolute Gasteiger partial charge is 0.497 e. The van der Waals surface area contributed by atoms with Gasteiger partial charge >= 0.3 is 0 Å². The minimum Gasteiger partial charge on any atom is -0.497 e. The molecule has 0 radical (unpaired) electrons. The first-order chi connectivity index (χ1) is 17.1. The number of fused-ring (bicyclic) bond motifs is 1. The molecule has 0 amide bonds. The summed E-state index contributed by atoms with van der Waals surface area (Å²) in [7, 11) is 5.00. The molecule has 1 fully saturated rings. The van der Waals surface area contributed by atoms with E-state index in [-0.39, 0.29) is 6.04 Å². The van der Waals surface area contributed by atoms with Crippen LogP contribution in [0.1, 0.15) is 6.92 Å². The summed E-state index contributed by atoms with van der Waals surface area (Å²) in [5.41, 5.74) is 2.98. The van der Waals surface area contributed by atoms with Crippen molar-refractivity contribution in [1.82, 2.24) is 9.97 Å². The van der Waals surface area contributed by atoms with Crippen molar-refractivity contribution >= 4 is 22.4 Å². The van der Waals surface area contributed by atoms with Gasteiger partial charge in [-0.15, -0.1) is 0 Å². The van der Waals surface area contributed by atoms with Crippen LogP contribution >= 0.6 is 0 Å². The Balaban J connectivity index is 1.55. The van der Waals surface area contributed by atoms with E-state index in [4.69, 9.17) is 24.2 Å². The maximum Gasteiger partial charge on any atom is 0.162 e. The molecule has 1 aromatic heterocycles. The van der Waals surface area contributed by atoms with Crippen LogP contribution in [0.3, 0.4) is 0 Å². The first kappa shape index (κ1) is 22.8. The summed E-state index contributed by atoms with van der Waals surface area (Å²) < 4.78 is 16.6. The fourth-order valence-corrected chi connectivity index (χ4v) is 4.72. The second-order valence-electron chi connectivity index (χ2n) is 8.65. The summed E-state index contributed by atoms with van der Waals surface area (Å²) >= 11 is 0. The van der Waals surface area contributed by atoms with Crippen LogP contribution < -0.4 is 24.0 Å². The Labute approximate surface area is 205 Å². The predicted octanol–water partition coefficient (Wildman–Crippen LogP) is 5.04. The Morgan fingerprint density at radius 1 is 0.800 bits per heavy atom. The molecule has 0 aliphatic carbocycles. The van der Waals surface area contributed by atoms with Crippen LogP contribution in [0.25, 0.3) is 22.3 Å². The smallest absolute Gasteiger partial charge is 0.162 e. The minimum atomic E-state index is 0.279. The summed E-state index contributed by atoms with van der Waals surface area (Å²) in [5, 5.41) is 0.948. The lowest BCUT2D eigenvalue weighted by atomic mass is 10.1. The van der Waals surface area contributed by atoms with Gasteiger partial charge in [-0.05, 0) is 25.1 Å². The molecule has 5 rings (SSSR count). The van der Waals surface area contributed by atoms with E-state index >= 15 is 0 Å². The van der Waals surface area contributed by atoms with Crippen LogP contribution in [0.4, 0.5) is 11.5 Å². The Morgan fingerprint density at radius 2 is 1.57 bits per heavy atom. The summed E-state index contributed by atoms with van der Waals surface area (Å²) in [6, 6.07) is 22.5. The van der Waals surface area contributed by atoms with Crippen molar-refractivity contribution in [3.8, 4) is 28.6 Å². The average Bonchev–Trinajstić information content (AvgIpc) is 2.92. The molecular weight excluding hydrogens is 440 g/mol. The summed E-state index contributed by atoms with van der Waals surface area (Å²) in [5.74, 6) is 3.79. The Morgan fingerprint density at radius 3 is 2.29 bits per heavy atom. The normalized spacial score (nSPS) is 15.8. The second-order valence-corrected chi connectivity index (χ2v) is 8.65. The lowest BCUT2D eigenvalue weighted by Crippen LogP contribution is -2.52. The molecule has 1 atom stereocenters. The number of rotatable bonds is 6. The zero-order chi connectivity index (χ0) is 24.4. The van der Waals surface area contributed by atoms with Crippen LogP contribution in [0, 0.1) is 0 Å². The second kappa shape index (κ2) is 9.70. The number of hydrogen-bond donors (Lipinski definition) is 0. The lowest BCUT2D eigenvalue weighted by molar-refractivity contribution is 0.356. The van der Waals surface area contributed by atoms with E-state index in [2.05, 4.69) is 28.9 Å². The number of nitrogens with zero attached hydrogens (tertiary/aromatic N) is 4. The molecule has 2 heterocycles. The highest BCUT2D eigenvalue weighted by molar-refractivity contribution is 5.93. The molecular formula is C28H30N4O3. The van der Waals surface area contributed by atoms with Gasteiger partial charge in [0, 0.05) is 54.4 Å². The van der Waals surface area contributed by atoms with E-state index in [0.29, 0.717) is 17.3 Å². The first-order valence-electron chi connectivity index (χ1n) is 11.8. The maximum absolute atomic E-state index is 5.60. The molecule has 4 aromatic rings. The fraction of sp³-hybridized carbons (Fsp3) is 0.286. The summed E-state index contributed by atoms with van der Waals surface area (Å²) in [6.45, 7) is 4.77. The molecule has 35 heavy (non-hydrogen) atoms. The maximum atomic E-state index is 5.60. The number of methoxy groups -OCH3 is 3. The van der Waals surface area contributed by atoms with Gasteiger partial charge in [0.1, 0.15) is 11.6 Å². The fourth-order valence-electron chi connectivity index (χ4n) is 4.72. The molecule has 1 saturated heterocycles. The van der Waals surface area contributed by atoms with Gasteiger partial charge < -0.3 is 24.0 Å². The Kier molecular flexibility index (Phi) is 6.31. The summed E-state index contributed by atoms with van der Waals surface area (Å²) in [6.07, 6.45) is 0. The Bertz CT molecular complexity index is 1330. The van der Waals surface area contributed by atoms with Gasteiger partial charge in [0.25, 0.3) is 0 Å². The zero-order valence-electron chi connectivity index (χ0n) is 20.6. The molecule has 1 aliphatic heterocycles. The van der Waals surface area contributed by atoms with Crippen molar-refractivity contribution in [3.63, 3.8) is 0 Å². The van der Waals surface area contributed by atoms with Crippen LogP contribution in [0.5, 0.6) is 17.2 Å². The van der Waals surface area contributed by atoms with Gasteiger partial charge in [-0.3, -0.25) is 0 Å². The minimum absolute atomic E-state index is 0.279. The molecule has 180 valence electrons. The SMILES string of the molecule is COc1cccc(N2CCN(c3nc(-c4ccccc4)nc4cc(OC)c(OC)cc34)CC2C)c1. The van der Waals surface area contributed by atoms with Gasteiger partial charge in [-0.25, -0.2) is 9.97 Å². The van der Waals surface area contributed by atoms with Gasteiger partial charge in [0.15, 0.2) is 17.3 Å². The van der Waals surface area contributed by atoms with Crippen LogP contribution in [-0.2, 0) is 0 Å². The number of ether oxygens (including phenoxy) is 3. The third-order valence-electron chi connectivity index (χ3n) is 6.52. The van der Waals surface area contributed by atoms with Crippen molar-refractivity contribution in [3.05, 3.63) is 66.7 Å². The first-order valence-corrected chi connectivity index (χ1v) is 11.8. The van der Waals surface area contributed by atoms with E-state index in [0.717, 1.165) is 47.7 Å². The van der Waals surface area contributed by atoms with Crippen LogP contribution in [-0.4, -0.2) is 57.0 Å². The highest BCUT2D eigenvalue weighted by Gasteiger charge is 2.27. The number of aromatic nitrogens is 2. The lowest BCUT2D eigenvalue weighted by Gasteiger charge is -2.42. The molecule has 0 saturated carbocycles.